The summed E-state index contributed by atoms with van der Waals surface area (Å²) in [6.45, 7) is 0. The fourth-order valence-electron chi connectivity index (χ4n) is 0.225. The normalized spacial score (nSPS) is 15.2. The number of nitrogens with one attached hydrogen (secondary N) is 1. The van der Waals surface area contributed by atoms with Crippen molar-refractivity contribution < 1.29 is 43.0 Å². The number of halogens is 3. The molecule has 0 unspecified atom stereocenters. The van der Waals surface area contributed by atoms with E-state index in [-0.39, 0.29) is 4.13 Å². The lowest BCUT2D eigenvalue weighted by atomic mass is 11.6. The van der Waals surface area contributed by atoms with Crippen LogP contribution in [0.4, 0.5) is 13.2 Å². The van der Waals surface area contributed by atoms with Crippen molar-refractivity contribution in [3.05, 3.63) is 0 Å². The Hall–Kier alpha value is -0.440. The number of rotatable bonds is 3. The van der Waals surface area contributed by atoms with Gasteiger partial charge in [-0.25, -0.2) is 8.42 Å². The van der Waals surface area contributed by atoms with Crippen LogP contribution in [0, 0.1) is 0 Å². The third kappa shape index (κ3) is 3.26. The molecular formula is CH2F3NO7S3. The second-order valence-electron chi connectivity index (χ2n) is 1.91. The first-order valence-electron chi connectivity index (χ1n) is 2.53. The number of alkyl halides is 3. The minimum Gasteiger partial charge on any atom is -0.273 e. The van der Waals surface area contributed by atoms with Gasteiger partial charge in [-0.05, 0) is 0 Å². The monoisotopic (exact) mass is 293 g/mol. The van der Waals surface area contributed by atoms with Crippen molar-refractivity contribution in [2.75, 3.05) is 0 Å². The first kappa shape index (κ1) is 14.6. The summed E-state index contributed by atoms with van der Waals surface area (Å²) in [7, 11) is -18.5. The molecule has 0 heterocycles. The molecule has 0 aliphatic heterocycles. The molecule has 0 spiro atoms. The standard InChI is InChI=1S/CH2F3NO7S3/c2-1(3,4)13(6,7)5-14(8,9)15(10,11)12/h5H,(H,10,11,12). The van der Waals surface area contributed by atoms with E-state index >= 15 is 0 Å². The summed E-state index contributed by atoms with van der Waals surface area (Å²) in [6, 6.07) is 0. The summed E-state index contributed by atoms with van der Waals surface area (Å²) < 4.78 is 103. The van der Waals surface area contributed by atoms with E-state index < -0.39 is 33.7 Å². The topological polar surface area (TPSA) is 135 Å². The highest BCUT2D eigenvalue weighted by Crippen LogP contribution is 2.22. The van der Waals surface area contributed by atoms with E-state index in [1.807, 2.05) is 0 Å². The van der Waals surface area contributed by atoms with Crippen molar-refractivity contribution in [2.45, 2.75) is 5.51 Å². The van der Waals surface area contributed by atoms with Crippen LogP contribution in [0.25, 0.3) is 0 Å². The van der Waals surface area contributed by atoms with Crippen LogP contribution in [0.3, 0.4) is 0 Å². The molecule has 0 aliphatic rings. The largest absolute Gasteiger partial charge is 0.512 e. The average molecular weight is 293 g/mol. The van der Waals surface area contributed by atoms with E-state index in [2.05, 4.69) is 0 Å². The molecule has 0 atom stereocenters. The van der Waals surface area contributed by atoms with E-state index in [1.165, 1.54) is 0 Å². The Morgan fingerprint density at radius 2 is 1.27 bits per heavy atom. The second kappa shape index (κ2) is 3.55. The molecule has 0 aromatic rings. The van der Waals surface area contributed by atoms with Gasteiger partial charge < -0.3 is 0 Å². The first-order chi connectivity index (χ1) is 6.21. The van der Waals surface area contributed by atoms with Gasteiger partial charge in [-0.15, -0.1) is 0 Å². The van der Waals surface area contributed by atoms with E-state index in [9.17, 15) is 38.4 Å². The summed E-state index contributed by atoms with van der Waals surface area (Å²) in [5.74, 6) is 0. The van der Waals surface area contributed by atoms with Crippen molar-refractivity contribution in [1.82, 2.24) is 4.13 Å². The Labute approximate surface area is 81.3 Å². The Bertz CT molecular complexity index is 535. The lowest BCUT2D eigenvalue weighted by Gasteiger charge is -2.07. The molecule has 0 bridgehead atoms. The van der Waals surface area contributed by atoms with Crippen LogP contribution in [-0.4, -0.2) is 35.3 Å². The maximum Gasteiger partial charge on any atom is 0.512 e. The van der Waals surface area contributed by atoms with Crippen molar-refractivity contribution in [3.63, 3.8) is 0 Å². The predicted octanol–water partition coefficient (Wildman–Crippen LogP) is -1.44. The van der Waals surface area contributed by atoms with Gasteiger partial charge >= 0.3 is 33.7 Å². The quantitative estimate of drug-likeness (QED) is 0.480. The minimum absolute atomic E-state index is 0.206. The van der Waals surface area contributed by atoms with E-state index in [0.29, 0.717) is 0 Å². The molecule has 0 aromatic heterocycles. The van der Waals surface area contributed by atoms with Gasteiger partial charge in [-0.1, -0.05) is 4.13 Å². The van der Waals surface area contributed by atoms with Crippen LogP contribution < -0.4 is 4.13 Å². The zero-order chi connectivity index (χ0) is 12.7. The van der Waals surface area contributed by atoms with Crippen molar-refractivity contribution in [2.24, 2.45) is 0 Å². The maximum absolute atomic E-state index is 11.6. The molecule has 8 nitrogen and oxygen atoms in total. The Kier molecular flexibility index (Phi) is 3.44. The van der Waals surface area contributed by atoms with Crippen molar-refractivity contribution >= 4 is 28.2 Å². The highest BCUT2D eigenvalue weighted by molar-refractivity contribution is 8.65. The minimum atomic E-state index is -6.42. The van der Waals surface area contributed by atoms with Crippen LogP contribution >= 0.6 is 0 Å². The van der Waals surface area contributed by atoms with E-state index in [1.54, 1.807) is 0 Å². The summed E-state index contributed by atoms with van der Waals surface area (Å²) in [6.07, 6.45) is 0. The molecule has 92 valence electrons. The zero-order valence-electron chi connectivity index (χ0n) is 6.26. The molecule has 0 rings (SSSR count). The van der Waals surface area contributed by atoms with Crippen molar-refractivity contribution in [1.29, 1.82) is 0 Å². The van der Waals surface area contributed by atoms with Gasteiger partial charge in [-0.3, -0.25) is 4.55 Å². The first-order valence-corrected chi connectivity index (χ1v) is 7.45. The molecule has 0 saturated carbocycles. The van der Waals surface area contributed by atoms with Gasteiger partial charge in [0.05, 0.1) is 0 Å². The molecule has 0 aliphatic carbocycles. The lowest BCUT2D eigenvalue weighted by Crippen LogP contribution is -2.42. The van der Waals surface area contributed by atoms with Crippen LogP contribution in [0.2, 0.25) is 0 Å². The van der Waals surface area contributed by atoms with Crippen LogP contribution in [-0.2, 0) is 28.2 Å². The van der Waals surface area contributed by atoms with Gasteiger partial charge in [0.15, 0.2) is 0 Å². The molecule has 0 saturated heterocycles. The second-order valence-corrected chi connectivity index (χ2v) is 8.39. The molecule has 14 heteroatoms. The molecule has 0 fully saturated rings. The molecule has 15 heavy (non-hydrogen) atoms. The summed E-state index contributed by atoms with van der Waals surface area (Å²) >= 11 is 0. The van der Waals surface area contributed by atoms with Crippen LogP contribution in [0.15, 0.2) is 0 Å². The number of hydrogen-bond acceptors (Lipinski definition) is 6. The molecular weight excluding hydrogens is 291 g/mol. The lowest BCUT2D eigenvalue weighted by molar-refractivity contribution is -0.0441. The van der Waals surface area contributed by atoms with Gasteiger partial charge in [0, 0.05) is 0 Å². The zero-order valence-corrected chi connectivity index (χ0v) is 8.70. The van der Waals surface area contributed by atoms with Crippen LogP contribution in [0.1, 0.15) is 0 Å². The average Bonchev–Trinajstić information content (AvgIpc) is 1.77. The SMILES string of the molecule is O=S(=O)(NS(=O)(=O)S(=O)(=O)O)C(F)(F)F. The molecule has 0 radical (unpaired) electrons. The van der Waals surface area contributed by atoms with Gasteiger partial charge in [-0.2, -0.15) is 30.0 Å². The maximum atomic E-state index is 11.6. The molecule has 0 amide bonds. The third-order valence-corrected chi connectivity index (χ3v) is 5.93. The van der Waals surface area contributed by atoms with Crippen molar-refractivity contribution in [3.8, 4) is 0 Å². The Morgan fingerprint density at radius 1 is 0.933 bits per heavy atom. The molecule has 2 N–H and O–H groups in total. The summed E-state index contributed by atoms with van der Waals surface area (Å²) in [5.41, 5.74) is -6.02. The fourth-order valence-corrected chi connectivity index (χ4v) is 3.60. The number of hydrogen-bond donors (Lipinski definition) is 2. The third-order valence-electron chi connectivity index (χ3n) is 0.794. The van der Waals surface area contributed by atoms with E-state index in [4.69, 9.17) is 4.55 Å². The van der Waals surface area contributed by atoms with Gasteiger partial charge in [0.25, 0.3) is 0 Å². The Balaban J connectivity index is 5.48. The predicted molar refractivity (Wildman–Crippen MR) is 38.6 cm³/mol. The highest BCUT2D eigenvalue weighted by Gasteiger charge is 2.50. The fraction of sp³-hybridized carbons (Fsp3) is 1.00. The van der Waals surface area contributed by atoms with Gasteiger partial charge in [0.1, 0.15) is 0 Å². The summed E-state index contributed by atoms with van der Waals surface area (Å²) in [4.78, 5) is 0. The smallest absolute Gasteiger partial charge is 0.273 e. The Morgan fingerprint density at radius 3 is 1.47 bits per heavy atom. The van der Waals surface area contributed by atoms with Gasteiger partial charge in [0.2, 0.25) is 0 Å². The number of sulfonamides is 1. The highest BCUT2D eigenvalue weighted by atomic mass is 33.2. The van der Waals surface area contributed by atoms with Crippen LogP contribution in [0.5, 0.6) is 0 Å². The van der Waals surface area contributed by atoms with E-state index in [0.717, 1.165) is 0 Å². The molecule has 0 aromatic carbocycles. The summed E-state index contributed by atoms with van der Waals surface area (Å²) in [5, 5.41) is 0.